The second-order valence-corrected chi connectivity index (χ2v) is 21.5. The number of allylic oxidation sites excluding steroid dienone is 7. The Balaban J connectivity index is 1.36. The Morgan fingerprint density at radius 1 is 0.672 bits per heavy atom. The summed E-state index contributed by atoms with van der Waals surface area (Å²) in [5.74, 6) is 7.59. The molecule has 1 saturated carbocycles. The third kappa shape index (κ3) is 8.45. The molecule has 0 spiro atoms. The number of nitrogens with zero attached hydrogens (tertiary/aromatic N) is 2. The summed E-state index contributed by atoms with van der Waals surface area (Å²) in [4.78, 5) is 33.2. The van der Waals surface area contributed by atoms with Gasteiger partial charge in [0, 0.05) is 6.54 Å². The van der Waals surface area contributed by atoms with Gasteiger partial charge in [0.05, 0.1) is 5.69 Å². The van der Waals surface area contributed by atoms with Crippen LogP contribution in [-0.2, 0) is 27.5 Å². The first-order valence-electron chi connectivity index (χ1n) is 22.4. The van der Waals surface area contributed by atoms with Crippen LogP contribution in [0, 0.1) is 28.0 Å². The summed E-state index contributed by atoms with van der Waals surface area (Å²) < 4.78 is 3.82. The van der Waals surface area contributed by atoms with Crippen LogP contribution >= 0.6 is 7.26 Å². The van der Waals surface area contributed by atoms with Crippen LogP contribution in [0.25, 0.3) is 17.2 Å². The molecule has 6 heteroatoms. The third-order valence-corrected chi connectivity index (χ3v) is 17.6. The first-order chi connectivity index (χ1) is 31.1. The molecule has 0 radical (unpaired) electrons. The zero-order valence-electron chi connectivity index (χ0n) is 37.6. The van der Waals surface area contributed by atoms with Gasteiger partial charge in [-0.15, -0.1) is 0 Å². The molecule has 321 valence electrons. The van der Waals surface area contributed by atoms with E-state index in [4.69, 9.17) is 0 Å². The quantitative estimate of drug-likeness (QED) is 0.0794. The third-order valence-electron chi connectivity index (χ3n) is 12.2. The Hall–Kier alpha value is -5.85. The number of amides is 2. The average molecular weight is 1030 g/mol. The Morgan fingerprint density at radius 3 is 1.66 bits per heavy atom. The molecule has 3 aliphatic rings. The van der Waals surface area contributed by atoms with Gasteiger partial charge in [-0.05, 0) is 24.5 Å². The number of hydrogen-bond acceptors (Lipinski definition) is 2. The van der Waals surface area contributed by atoms with Gasteiger partial charge in [0.2, 0.25) is 0 Å². The second kappa shape index (κ2) is 19.5. The van der Waals surface area contributed by atoms with E-state index in [2.05, 4.69) is 166 Å². The summed E-state index contributed by atoms with van der Waals surface area (Å²) in [5, 5.41) is 4.83. The number of fused-ring (bicyclic) bond motifs is 2. The van der Waals surface area contributed by atoms with E-state index in [1.165, 1.54) is 27.1 Å². The Labute approximate surface area is 390 Å². The van der Waals surface area contributed by atoms with Gasteiger partial charge in [0.25, 0.3) is 0 Å². The molecule has 5 aromatic carbocycles. The van der Waals surface area contributed by atoms with Gasteiger partial charge in [-0.3, -0.25) is 4.79 Å². The second-order valence-electron chi connectivity index (χ2n) is 17.5. The van der Waals surface area contributed by atoms with E-state index in [0.29, 0.717) is 24.2 Å². The fourth-order valence-corrected chi connectivity index (χ4v) is 15.2. The number of carbonyl (C=O) groups is 2. The number of carbonyl (C=O) groups excluding carboxylic acids is 2. The SMILES string of the molecule is CC=C1CCCC1=CC(C#Cc1ccc2c(c1)N(CC(C)C)C(=O)/C2=C1/C(=O)N(CC(C)C)c2cc(/C=C/C)ccc21)=C([C]#[Os])[P+](c1ccccc1)(c1ccccc1)c1ccccc1. The molecule has 1 aliphatic carbocycles. The molecular weight excluding hydrogens is 978 g/mol. The number of benzene rings is 5. The number of anilines is 2. The van der Waals surface area contributed by atoms with Crippen molar-refractivity contribution in [3.05, 3.63) is 190 Å². The molecule has 0 N–H and O–H groups in total. The van der Waals surface area contributed by atoms with Crippen molar-refractivity contribution in [2.75, 3.05) is 22.9 Å². The summed E-state index contributed by atoms with van der Waals surface area (Å²) in [6.07, 6.45) is 11.8. The van der Waals surface area contributed by atoms with E-state index < -0.39 is 7.26 Å². The van der Waals surface area contributed by atoms with Crippen molar-refractivity contribution in [1.29, 1.82) is 0 Å². The molecule has 4 nitrogen and oxygen atoms in total. The van der Waals surface area contributed by atoms with Crippen LogP contribution in [0.3, 0.4) is 0 Å². The zero-order valence-corrected chi connectivity index (χ0v) is 41.1. The van der Waals surface area contributed by atoms with Crippen LogP contribution in [0.4, 0.5) is 11.4 Å². The average Bonchev–Trinajstić information content (AvgIpc) is 3.95. The standard InChI is InChI=1S/C58H55N2O2P.Os/c1-8-20-43-30-33-51-53(35-43)59(38-40(3)4)57(61)55(51)56-52-34-31-44(36-54(52)60(58(56)62)39-41(5)6)29-32-46(37-47-22-19-21-45(47)9-2)42(7)63(48-23-13-10-14-24-48,49-25-15-11-16-26-49)50-27-17-12-18-28-50;/h8-18,20,23-28,30-31,33-37,40-41H,19,21-22,38-39H2,1-6H3;/q+1;/b20-8+,45-9?,46-42?,47-37?,56-55+;. The van der Waals surface area contributed by atoms with Crippen molar-refractivity contribution in [2.45, 2.75) is 60.8 Å². The maximum absolute atomic E-state index is 14.8. The normalized spacial score (nSPS) is 17.7. The van der Waals surface area contributed by atoms with Crippen molar-refractivity contribution in [2.24, 2.45) is 11.8 Å². The first-order valence-corrected chi connectivity index (χ1v) is 25.5. The van der Waals surface area contributed by atoms with E-state index in [1.54, 1.807) is 17.9 Å². The van der Waals surface area contributed by atoms with Crippen molar-refractivity contribution < 1.29 is 27.5 Å². The molecule has 0 bridgehead atoms. The molecular formula is C58H55N2O2OsP+. The number of hydrogen-bond donors (Lipinski definition) is 0. The van der Waals surface area contributed by atoms with Crippen molar-refractivity contribution in [3.63, 3.8) is 0 Å². The number of rotatable bonds is 10. The summed E-state index contributed by atoms with van der Waals surface area (Å²) in [7, 11) is -2.54. The molecule has 0 aromatic heterocycles. The van der Waals surface area contributed by atoms with Gasteiger partial charge in [-0.2, -0.15) is 0 Å². The van der Waals surface area contributed by atoms with Gasteiger partial charge in [-0.1, -0.05) is 38.1 Å². The van der Waals surface area contributed by atoms with Crippen LogP contribution in [0.15, 0.2) is 168 Å². The maximum atomic E-state index is 14.8. The zero-order chi connectivity index (χ0) is 45.0. The monoisotopic (exact) mass is 1030 g/mol. The Kier molecular flexibility index (Phi) is 13.6. The summed E-state index contributed by atoms with van der Waals surface area (Å²) in [6.45, 7) is 13.7. The Bertz CT molecular complexity index is 2790. The predicted octanol–water partition coefficient (Wildman–Crippen LogP) is 11.8. The van der Waals surface area contributed by atoms with Crippen LogP contribution in [-0.4, -0.2) is 24.9 Å². The molecule has 0 saturated heterocycles. The van der Waals surface area contributed by atoms with Crippen LogP contribution < -0.4 is 25.7 Å². The molecule has 2 heterocycles. The van der Waals surface area contributed by atoms with Crippen molar-refractivity contribution >= 4 is 63.6 Å². The van der Waals surface area contributed by atoms with E-state index in [9.17, 15) is 9.59 Å². The predicted molar refractivity (Wildman–Crippen MR) is 267 cm³/mol. The Morgan fingerprint density at radius 2 is 1.17 bits per heavy atom. The fraction of sp³-hybridized carbons (Fsp3) is 0.224. The summed E-state index contributed by atoms with van der Waals surface area (Å²) >= 11 is 1.77. The summed E-state index contributed by atoms with van der Waals surface area (Å²) in [5.41, 5.74) is 9.64. The molecule has 0 unspecified atom stereocenters. The molecule has 8 rings (SSSR count). The first kappa shape index (κ1) is 44.7. The van der Waals surface area contributed by atoms with Gasteiger partial charge in [0.15, 0.2) is 0 Å². The van der Waals surface area contributed by atoms with E-state index >= 15 is 0 Å². The molecule has 5 aromatic rings. The summed E-state index contributed by atoms with van der Waals surface area (Å²) in [6, 6.07) is 44.9. The van der Waals surface area contributed by atoms with E-state index in [0.717, 1.165) is 63.8 Å². The van der Waals surface area contributed by atoms with Crippen molar-refractivity contribution in [1.82, 2.24) is 0 Å². The van der Waals surface area contributed by atoms with Gasteiger partial charge < -0.3 is 4.90 Å². The molecule has 1 fully saturated rings. The molecule has 0 atom stereocenters. The van der Waals surface area contributed by atoms with Crippen LogP contribution in [0.1, 0.15) is 83.1 Å². The molecule has 2 amide bonds. The van der Waals surface area contributed by atoms with E-state index in [1.807, 2.05) is 53.1 Å². The minimum absolute atomic E-state index is 0.122. The minimum atomic E-state index is -2.54. The van der Waals surface area contributed by atoms with Crippen molar-refractivity contribution in [3.8, 4) is 16.2 Å². The van der Waals surface area contributed by atoms with Crippen LogP contribution in [0.2, 0.25) is 0 Å². The molecule has 2 aliphatic heterocycles. The van der Waals surface area contributed by atoms with Gasteiger partial charge in [0.1, 0.15) is 0 Å². The van der Waals surface area contributed by atoms with Gasteiger partial charge in [-0.25, -0.2) is 0 Å². The van der Waals surface area contributed by atoms with Crippen LogP contribution in [0.5, 0.6) is 0 Å². The van der Waals surface area contributed by atoms with Gasteiger partial charge >= 0.3 is 308 Å². The molecule has 64 heavy (non-hydrogen) atoms. The topological polar surface area (TPSA) is 40.6 Å². The van der Waals surface area contributed by atoms with E-state index in [-0.39, 0.29) is 23.7 Å². The fourth-order valence-electron chi connectivity index (χ4n) is 9.46.